The van der Waals surface area contributed by atoms with Crippen molar-refractivity contribution in [1.29, 1.82) is 0 Å². The Morgan fingerprint density at radius 1 is 0.588 bits per heavy atom. The molecule has 9 nitrogen and oxygen atoms in total. The van der Waals surface area contributed by atoms with E-state index in [-0.39, 0.29) is 32.0 Å². The van der Waals surface area contributed by atoms with Crippen LogP contribution in [0.1, 0.15) is 187 Å². The van der Waals surface area contributed by atoms with E-state index in [9.17, 15) is 19.0 Å². The first-order valence-electron chi connectivity index (χ1n) is 20.9. The van der Waals surface area contributed by atoms with E-state index in [2.05, 4.69) is 26.0 Å². The Kier molecular flexibility index (Phi) is 33.7. The number of likely N-dealkylation sites (N-methyl/N-ethyl adjacent to an activating group) is 1. The van der Waals surface area contributed by atoms with Gasteiger partial charge in [0.05, 0.1) is 27.7 Å². The molecule has 0 fully saturated rings. The fourth-order valence-corrected chi connectivity index (χ4v) is 6.46. The van der Waals surface area contributed by atoms with Gasteiger partial charge in [-0.1, -0.05) is 148 Å². The van der Waals surface area contributed by atoms with Crippen molar-refractivity contribution in [2.45, 2.75) is 193 Å². The van der Waals surface area contributed by atoms with Gasteiger partial charge in [0.2, 0.25) is 0 Å². The van der Waals surface area contributed by atoms with E-state index in [1.807, 2.05) is 21.1 Å². The van der Waals surface area contributed by atoms with Crippen LogP contribution in [0.3, 0.4) is 0 Å². The molecular weight excluding hydrogens is 665 g/mol. The van der Waals surface area contributed by atoms with Crippen LogP contribution in [0.5, 0.6) is 0 Å². The Bertz CT molecular complexity index is 891. The van der Waals surface area contributed by atoms with Crippen LogP contribution >= 0.6 is 7.82 Å². The Balaban J connectivity index is 4.39. The van der Waals surface area contributed by atoms with Gasteiger partial charge in [0, 0.05) is 12.8 Å². The summed E-state index contributed by atoms with van der Waals surface area (Å²) in [5.41, 5.74) is 0. The van der Waals surface area contributed by atoms with Gasteiger partial charge in [-0.2, -0.15) is 0 Å². The van der Waals surface area contributed by atoms with Crippen molar-refractivity contribution in [1.82, 2.24) is 0 Å². The molecule has 0 spiro atoms. The number of hydrogen-bond donors (Lipinski definition) is 1. The molecule has 0 bridgehead atoms. The summed E-state index contributed by atoms with van der Waals surface area (Å²) < 4.78 is 34.2. The van der Waals surface area contributed by atoms with Gasteiger partial charge >= 0.3 is 19.8 Å². The molecule has 0 aromatic carbocycles. The van der Waals surface area contributed by atoms with Crippen molar-refractivity contribution >= 4 is 19.8 Å². The normalized spacial score (nSPS) is 13.8. The maximum atomic E-state index is 12.6. The van der Waals surface area contributed by atoms with Gasteiger partial charge < -0.3 is 18.9 Å². The first-order chi connectivity index (χ1) is 24.5. The second-order valence-corrected chi connectivity index (χ2v) is 16.8. The molecule has 0 heterocycles. The predicted octanol–water partition coefficient (Wildman–Crippen LogP) is 11.4. The zero-order chi connectivity index (χ0) is 37.9. The van der Waals surface area contributed by atoms with Crippen LogP contribution in [0.4, 0.5) is 0 Å². The molecule has 0 radical (unpaired) electrons. The SMILES string of the molecule is CCCCCCCCCCC/C=C/CCCCC(=O)OC[C@H](COP(=O)(O)OCC[N+](C)(C)C)OC(=O)CCCCCCCCCCCCCC. The average molecular weight is 747 g/mol. The van der Waals surface area contributed by atoms with E-state index in [4.69, 9.17) is 18.5 Å². The molecular formula is C41H81NO8P+. The van der Waals surface area contributed by atoms with E-state index in [0.717, 1.165) is 32.1 Å². The monoisotopic (exact) mass is 747 g/mol. The molecule has 0 aliphatic carbocycles. The highest BCUT2D eigenvalue weighted by atomic mass is 31.2. The van der Waals surface area contributed by atoms with E-state index in [0.29, 0.717) is 23.9 Å². The number of phosphoric ester groups is 1. The van der Waals surface area contributed by atoms with Crippen LogP contribution in [0, 0.1) is 0 Å². The zero-order valence-electron chi connectivity index (χ0n) is 33.9. The van der Waals surface area contributed by atoms with Gasteiger partial charge in [0.1, 0.15) is 19.8 Å². The maximum Gasteiger partial charge on any atom is 0.472 e. The van der Waals surface area contributed by atoms with Crippen LogP contribution in [0.2, 0.25) is 0 Å². The quantitative estimate of drug-likeness (QED) is 0.0219. The largest absolute Gasteiger partial charge is 0.472 e. The van der Waals surface area contributed by atoms with Gasteiger partial charge in [0.25, 0.3) is 0 Å². The summed E-state index contributed by atoms with van der Waals surface area (Å²) in [7, 11) is 1.47. The molecule has 0 rings (SSSR count). The summed E-state index contributed by atoms with van der Waals surface area (Å²) in [6.45, 7) is 4.40. The molecule has 0 aliphatic rings. The smallest absolute Gasteiger partial charge is 0.462 e. The highest BCUT2D eigenvalue weighted by Gasteiger charge is 2.27. The number of hydrogen-bond acceptors (Lipinski definition) is 7. The van der Waals surface area contributed by atoms with E-state index >= 15 is 0 Å². The molecule has 0 saturated heterocycles. The van der Waals surface area contributed by atoms with Crippen molar-refractivity contribution in [3.8, 4) is 0 Å². The Morgan fingerprint density at radius 2 is 1.00 bits per heavy atom. The van der Waals surface area contributed by atoms with E-state index < -0.39 is 26.5 Å². The van der Waals surface area contributed by atoms with Crippen molar-refractivity contribution in [2.24, 2.45) is 0 Å². The van der Waals surface area contributed by atoms with Crippen LogP contribution in [-0.4, -0.2) is 74.9 Å². The molecule has 0 aliphatic heterocycles. The number of carbonyl (C=O) groups excluding carboxylic acids is 2. The van der Waals surface area contributed by atoms with E-state index in [1.54, 1.807) is 0 Å². The van der Waals surface area contributed by atoms with Crippen molar-refractivity contribution in [3.05, 3.63) is 12.2 Å². The Morgan fingerprint density at radius 3 is 1.49 bits per heavy atom. The molecule has 10 heteroatoms. The summed E-state index contributed by atoms with van der Waals surface area (Å²) in [5.74, 6) is -0.818. The lowest BCUT2D eigenvalue weighted by Gasteiger charge is -2.24. The topological polar surface area (TPSA) is 108 Å². The standard InChI is InChI=1S/C41H80NO8P/c1-6-8-10-12-14-16-18-20-21-22-24-25-27-29-31-33-40(43)47-37-39(38-49-51(45,46)48-36-35-42(3,4)5)50-41(44)34-32-30-28-26-23-19-17-15-13-11-9-7-2/h24-25,39H,6-23,26-38H2,1-5H3/p+1/b25-24+/t39-/m1/s1. The molecule has 1 unspecified atom stereocenters. The number of esters is 2. The lowest BCUT2D eigenvalue weighted by atomic mass is 10.0. The third-order valence-corrected chi connectivity index (χ3v) is 10.0. The predicted molar refractivity (Wildman–Crippen MR) is 211 cm³/mol. The van der Waals surface area contributed by atoms with Gasteiger partial charge in [-0.25, -0.2) is 4.57 Å². The third kappa shape index (κ3) is 38.3. The number of allylic oxidation sites excluding steroid dienone is 2. The highest BCUT2D eigenvalue weighted by molar-refractivity contribution is 7.47. The number of rotatable bonds is 38. The highest BCUT2D eigenvalue weighted by Crippen LogP contribution is 2.43. The van der Waals surface area contributed by atoms with Gasteiger partial charge in [-0.3, -0.25) is 18.6 Å². The van der Waals surface area contributed by atoms with Gasteiger partial charge in [-0.15, -0.1) is 0 Å². The summed E-state index contributed by atoms with van der Waals surface area (Å²) >= 11 is 0. The van der Waals surface area contributed by atoms with Crippen LogP contribution in [0.25, 0.3) is 0 Å². The molecule has 0 amide bonds. The van der Waals surface area contributed by atoms with Gasteiger partial charge in [0.15, 0.2) is 6.10 Å². The molecule has 0 aromatic rings. The molecule has 0 aromatic heterocycles. The number of carbonyl (C=O) groups is 2. The number of phosphoric acid groups is 1. The van der Waals surface area contributed by atoms with Gasteiger partial charge in [-0.05, 0) is 38.5 Å². The summed E-state index contributed by atoms with van der Waals surface area (Å²) in [6.07, 6.45) is 34.0. The minimum atomic E-state index is -4.37. The average Bonchev–Trinajstić information content (AvgIpc) is 3.07. The Labute approximate surface area is 314 Å². The second kappa shape index (κ2) is 34.5. The maximum absolute atomic E-state index is 12.6. The fourth-order valence-electron chi connectivity index (χ4n) is 5.71. The fraction of sp³-hybridized carbons (Fsp3) is 0.902. The summed E-state index contributed by atoms with van der Waals surface area (Å²) in [4.78, 5) is 35.2. The minimum absolute atomic E-state index is 0.0319. The molecule has 2 atom stereocenters. The molecule has 51 heavy (non-hydrogen) atoms. The first kappa shape index (κ1) is 49.8. The summed E-state index contributed by atoms with van der Waals surface area (Å²) in [6, 6.07) is 0. The number of nitrogens with zero attached hydrogens (tertiary/aromatic N) is 1. The lowest BCUT2D eigenvalue weighted by Crippen LogP contribution is -2.37. The van der Waals surface area contributed by atoms with Crippen LogP contribution in [-0.2, 0) is 32.7 Å². The van der Waals surface area contributed by atoms with Crippen LogP contribution in [0.15, 0.2) is 12.2 Å². The van der Waals surface area contributed by atoms with Crippen molar-refractivity contribution < 1.29 is 42.1 Å². The molecule has 0 saturated carbocycles. The number of unbranched alkanes of at least 4 members (excludes halogenated alkanes) is 22. The van der Waals surface area contributed by atoms with Crippen molar-refractivity contribution in [3.63, 3.8) is 0 Å². The number of quaternary nitrogens is 1. The summed E-state index contributed by atoms with van der Waals surface area (Å²) in [5, 5.41) is 0. The van der Waals surface area contributed by atoms with Crippen LogP contribution < -0.4 is 0 Å². The Hall–Kier alpha value is -1.25. The second-order valence-electron chi connectivity index (χ2n) is 15.4. The van der Waals surface area contributed by atoms with Crippen molar-refractivity contribution in [2.75, 3.05) is 47.5 Å². The first-order valence-corrected chi connectivity index (χ1v) is 22.4. The minimum Gasteiger partial charge on any atom is -0.462 e. The third-order valence-electron chi connectivity index (χ3n) is 9.05. The lowest BCUT2D eigenvalue weighted by molar-refractivity contribution is -0.870. The number of ether oxygens (including phenoxy) is 2. The zero-order valence-corrected chi connectivity index (χ0v) is 34.7. The molecule has 302 valence electrons. The van der Waals surface area contributed by atoms with E-state index in [1.165, 1.54) is 116 Å². The molecule has 1 N–H and O–H groups in total.